The molecule has 6 rings (SSSR count). The van der Waals surface area contributed by atoms with E-state index in [2.05, 4.69) is 32.8 Å². The predicted octanol–water partition coefficient (Wildman–Crippen LogP) is 4.49. The van der Waals surface area contributed by atoms with Crippen LogP contribution in [0.3, 0.4) is 0 Å². The quantitative estimate of drug-likeness (QED) is 0.561. The van der Waals surface area contributed by atoms with Crippen LogP contribution in [0.15, 0.2) is 28.1 Å². The number of phenols is 1. The molecule has 4 aliphatic rings. The molecule has 2 aromatic rings. The summed E-state index contributed by atoms with van der Waals surface area (Å²) in [5.74, 6) is 1.35. The number of piperidine rings is 1. The lowest BCUT2D eigenvalue weighted by Gasteiger charge is -2.60. The largest absolute Gasteiger partial charge is 0.504 e. The van der Waals surface area contributed by atoms with Crippen molar-refractivity contribution in [2.75, 3.05) is 39.6 Å². The third-order valence-corrected chi connectivity index (χ3v) is 10.6. The van der Waals surface area contributed by atoms with Crippen LogP contribution < -0.4 is 9.64 Å². The fourth-order valence-electron chi connectivity index (χ4n) is 7.42. The molecule has 1 aromatic carbocycles. The van der Waals surface area contributed by atoms with Gasteiger partial charge in [0.15, 0.2) is 11.5 Å². The maximum absolute atomic E-state index is 13.3. The Morgan fingerprint density at radius 1 is 1.31 bits per heavy atom. The van der Waals surface area contributed by atoms with Crippen LogP contribution in [-0.4, -0.2) is 73.7 Å². The highest BCUT2D eigenvalue weighted by molar-refractivity contribution is 9.10. The molecule has 2 aliphatic carbocycles. The van der Waals surface area contributed by atoms with Crippen LogP contribution in [-0.2, 0) is 16.6 Å². The van der Waals surface area contributed by atoms with Crippen LogP contribution in [0.1, 0.15) is 35.3 Å². The van der Waals surface area contributed by atoms with Gasteiger partial charge < -0.3 is 24.5 Å². The number of aromatic hydroxyl groups is 1. The number of halogens is 1. The number of amides is 1. The van der Waals surface area contributed by atoms with Crippen molar-refractivity contribution in [3.05, 3.63) is 44.1 Å². The van der Waals surface area contributed by atoms with Crippen molar-refractivity contribution in [2.45, 2.75) is 49.3 Å². The average molecular weight is 559 g/mol. The van der Waals surface area contributed by atoms with Gasteiger partial charge in [-0.1, -0.05) is 0 Å². The maximum Gasteiger partial charge on any atom is 0.246 e. The number of rotatable bonds is 4. The number of carbonyl (C=O) groups excluding carboxylic acids is 1. The van der Waals surface area contributed by atoms with Gasteiger partial charge in [0.05, 0.1) is 6.04 Å². The molecule has 0 unspecified atom stereocenters. The van der Waals surface area contributed by atoms with E-state index in [0.29, 0.717) is 17.7 Å². The zero-order chi connectivity index (χ0) is 24.6. The lowest BCUT2D eigenvalue weighted by Crippen LogP contribution is -2.68. The van der Waals surface area contributed by atoms with Gasteiger partial charge in [0.1, 0.15) is 6.10 Å². The SMILES string of the molecule is CN(C)c1cc(O)c2c3c1C[C@@H]1[C@@H]4CC[C@H](N(C)C(=O)/C=C/c5cc(Br)cs5)[C@H](O2)[C@]34CCN1C. The lowest BCUT2D eigenvalue weighted by molar-refractivity contribution is -0.134. The number of likely N-dealkylation sites (N-methyl/N-ethyl adjacent to an activating group) is 2. The molecule has 1 saturated carbocycles. The summed E-state index contributed by atoms with van der Waals surface area (Å²) in [5.41, 5.74) is 3.46. The molecular weight excluding hydrogens is 526 g/mol. The first-order valence-electron chi connectivity index (χ1n) is 12.3. The van der Waals surface area contributed by atoms with E-state index in [-0.39, 0.29) is 29.2 Å². The molecule has 1 aromatic heterocycles. The lowest BCUT2D eigenvalue weighted by atomic mass is 9.51. The summed E-state index contributed by atoms with van der Waals surface area (Å²) in [6, 6.07) is 4.30. The first-order chi connectivity index (χ1) is 16.7. The molecule has 1 amide bonds. The smallest absolute Gasteiger partial charge is 0.246 e. The van der Waals surface area contributed by atoms with Gasteiger partial charge in [0.25, 0.3) is 0 Å². The van der Waals surface area contributed by atoms with E-state index < -0.39 is 0 Å². The molecule has 5 atom stereocenters. The maximum atomic E-state index is 13.3. The highest BCUT2D eigenvalue weighted by Gasteiger charge is 2.66. The Morgan fingerprint density at radius 2 is 2.11 bits per heavy atom. The van der Waals surface area contributed by atoms with Gasteiger partial charge in [-0.25, -0.2) is 0 Å². The standard InChI is InChI=1S/C27H32BrN3O3S/c1-29(2)20-13-22(32)25-24-17(20)12-21-18-6-7-19(26(34-25)27(18,24)9-10-30(21)3)31(4)23(33)8-5-16-11-15(28)14-35-16/h5,8,11,13-14,18-19,21,26,32H,6-7,9-10,12H2,1-4H3/b8-5+/t18-,19-,21+,26-,27-/m0/s1. The molecule has 186 valence electrons. The molecule has 8 heteroatoms. The minimum atomic E-state index is -0.163. The van der Waals surface area contributed by atoms with Crippen LogP contribution in [0.25, 0.3) is 6.08 Å². The molecule has 2 aliphatic heterocycles. The summed E-state index contributed by atoms with van der Waals surface area (Å²) in [7, 11) is 8.25. The van der Waals surface area contributed by atoms with Gasteiger partial charge in [-0.3, -0.25) is 4.79 Å². The van der Waals surface area contributed by atoms with Gasteiger partial charge >= 0.3 is 0 Å². The van der Waals surface area contributed by atoms with Crippen LogP contribution in [0.4, 0.5) is 5.69 Å². The normalized spacial score (nSPS) is 30.8. The molecule has 1 saturated heterocycles. The predicted molar refractivity (Wildman–Crippen MR) is 144 cm³/mol. The van der Waals surface area contributed by atoms with Crippen molar-refractivity contribution >= 4 is 44.9 Å². The summed E-state index contributed by atoms with van der Waals surface area (Å²) in [6.45, 7) is 1.00. The van der Waals surface area contributed by atoms with E-state index in [9.17, 15) is 9.90 Å². The van der Waals surface area contributed by atoms with Gasteiger partial charge in [0, 0.05) is 70.7 Å². The molecule has 1 N–H and O–H groups in total. The minimum Gasteiger partial charge on any atom is -0.504 e. The third-order valence-electron chi connectivity index (χ3n) is 8.97. The number of carbonyl (C=O) groups is 1. The van der Waals surface area contributed by atoms with Gasteiger partial charge in [-0.15, -0.1) is 11.3 Å². The van der Waals surface area contributed by atoms with Crippen molar-refractivity contribution in [2.24, 2.45) is 5.92 Å². The average Bonchev–Trinajstić information content (AvgIpc) is 3.40. The van der Waals surface area contributed by atoms with Crippen molar-refractivity contribution in [3.8, 4) is 11.5 Å². The van der Waals surface area contributed by atoms with Crippen molar-refractivity contribution in [3.63, 3.8) is 0 Å². The number of hydrogen-bond acceptors (Lipinski definition) is 6. The summed E-state index contributed by atoms with van der Waals surface area (Å²) in [6.07, 6.45) is 7.36. The Hall–Kier alpha value is -2.03. The highest BCUT2D eigenvalue weighted by atomic mass is 79.9. The second-order valence-corrected chi connectivity index (χ2v) is 12.6. The molecule has 6 nitrogen and oxygen atoms in total. The van der Waals surface area contributed by atoms with Gasteiger partial charge in [-0.2, -0.15) is 0 Å². The van der Waals surface area contributed by atoms with Crippen molar-refractivity contribution in [1.82, 2.24) is 9.80 Å². The molecule has 2 fully saturated rings. The van der Waals surface area contributed by atoms with E-state index in [1.807, 2.05) is 49.6 Å². The van der Waals surface area contributed by atoms with Gasteiger partial charge in [-0.05, 0) is 78.8 Å². The van der Waals surface area contributed by atoms with Crippen LogP contribution in [0.5, 0.6) is 11.5 Å². The zero-order valence-electron chi connectivity index (χ0n) is 20.6. The molecule has 35 heavy (non-hydrogen) atoms. The van der Waals surface area contributed by atoms with Crippen molar-refractivity contribution < 1.29 is 14.6 Å². The summed E-state index contributed by atoms with van der Waals surface area (Å²) in [5, 5.41) is 13.1. The van der Waals surface area contributed by atoms with Gasteiger partial charge in [0.2, 0.25) is 5.91 Å². The van der Waals surface area contributed by atoms with E-state index in [4.69, 9.17) is 4.74 Å². The number of anilines is 1. The Balaban J connectivity index is 1.40. The first kappa shape index (κ1) is 23.4. The highest BCUT2D eigenvalue weighted by Crippen LogP contribution is 2.65. The molecular formula is C27H32BrN3O3S. The number of likely N-dealkylation sites (tertiary alicyclic amines) is 1. The second-order valence-electron chi connectivity index (χ2n) is 10.8. The summed E-state index contributed by atoms with van der Waals surface area (Å²) < 4.78 is 7.75. The number of hydrogen-bond donors (Lipinski definition) is 1. The molecule has 0 radical (unpaired) electrons. The Labute approximate surface area is 219 Å². The van der Waals surface area contributed by atoms with Crippen LogP contribution >= 0.6 is 27.3 Å². The zero-order valence-corrected chi connectivity index (χ0v) is 23.0. The number of phenolic OH excluding ortho intramolecular Hbond substituents is 1. The third kappa shape index (κ3) is 3.32. The van der Waals surface area contributed by atoms with E-state index in [0.717, 1.165) is 47.3 Å². The number of ether oxygens (including phenoxy) is 1. The van der Waals surface area contributed by atoms with E-state index >= 15 is 0 Å². The molecule has 1 spiro atoms. The fraction of sp³-hybridized carbons (Fsp3) is 0.519. The topological polar surface area (TPSA) is 56.3 Å². The van der Waals surface area contributed by atoms with E-state index in [1.54, 1.807) is 17.4 Å². The molecule has 2 bridgehead atoms. The number of nitrogens with zero attached hydrogens (tertiary/aromatic N) is 3. The summed E-state index contributed by atoms with van der Waals surface area (Å²) in [4.78, 5) is 20.9. The fourth-order valence-corrected chi connectivity index (χ4v) is 8.76. The number of benzene rings is 1. The number of thiophene rings is 1. The summed E-state index contributed by atoms with van der Waals surface area (Å²) >= 11 is 5.08. The Morgan fingerprint density at radius 3 is 2.83 bits per heavy atom. The Bertz CT molecular complexity index is 1230. The van der Waals surface area contributed by atoms with Crippen LogP contribution in [0, 0.1) is 5.92 Å². The molecule has 3 heterocycles. The first-order valence-corrected chi connectivity index (χ1v) is 14.0. The van der Waals surface area contributed by atoms with Crippen molar-refractivity contribution in [1.29, 1.82) is 0 Å². The monoisotopic (exact) mass is 557 g/mol. The van der Waals surface area contributed by atoms with Crippen LogP contribution in [0.2, 0.25) is 0 Å². The second kappa shape index (κ2) is 8.25. The van der Waals surface area contributed by atoms with E-state index in [1.165, 1.54) is 11.1 Å². The Kier molecular flexibility index (Phi) is 5.51. The minimum absolute atomic E-state index is 0.00681.